The average Bonchev–Trinajstić information content (AvgIpc) is 3.63. The molecule has 1 amide bonds. The quantitative estimate of drug-likeness (QED) is 0.260. The third-order valence-electron chi connectivity index (χ3n) is 6.90. The maximum absolute atomic E-state index is 13.8. The third kappa shape index (κ3) is 5.50. The molecule has 5 rings (SSSR count). The molecule has 196 valence electrons. The summed E-state index contributed by atoms with van der Waals surface area (Å²) in [4.78, 5) is 28.6. The lowest BCUT2D eigenvalue weighted by atomic mass is 10.0. The molecule has 0 spiro atoms. The van der Waals surface area contributed by atoms with Crippen LogP contribution in [0.3, 0.4) is 0 Å². The van der Waals surface area contributed by atoms with Crippen LogP contribution in [-0.2, 0) is 20.7 Å². The Morgan fingerprint density at radius 3 is 2.26 bits per heavy atom. The Balaban J connectivity index is 1.41. The monoisotopic (exact) mass is 510 g/mol. The van der Waals surface area contributed by atoms with Crippen molar-refractivity contribution >= 4 is 22.9 Å². The van der Waals surface area contributed by atoms with Gasteiger partial charge in [-0.05, 0) is 56.9 Å². The van der Waals surface area contributed by atoms with Crippen LogP contribution in [0.15, 0.2) is 91.1 Å². The van der Waals surface area contributed by atoms with Crippen molar-refractivity contribution in [2.24, 2.45) is 0 Å². The number of nitrogens with zero attached hydrogens (tertiary/aromatic N) is 2. The number of benzene rings is 3. The van der Waals surface area contributed by atoms with Crippen LogP contribution < -0.4 is 0 Å². The van der Waals surface area contributed by atoms with Crippen molar-refractivity contribution in [3.63, 3.8) is 0 Å². The summed E-state index contributed by atoms with van der Waals surface area (Å²) in [6.45, 7) is 8.10. The van der Waals surface area contributed by atoms with Crippen LogP contribution >= 0.6 is 0 Å². The molecule has 0 aliphatic carbocycles. The third-order valence-corrected chi connectivity index (χ3v) is 6.90. The van der Waals surface area contributed by atoms with E-state index in [1.54, 1.807) is 4.57 Å². The molecule has 6 nitrogen and oxygen atoms in total. The molecule has 2 heterocycles. The molecule has 0 unspecified atom stereocenters. The standard InChI is InChI=1S/C32H34N2O4/c1-22(23-13-7-5-8-14-23)33(30(35)29-28(37-29)24-15-9-6-10-16-24)20-19-25-21-34(31(36)38-32(2,3)4)27-18-12-11-17-26(25)27/h5-18,21-22,28-29H,19-20H2,1-4H3/t22-,28-,29+/m0/s1. The molecular formula is C32H34N2O4. The van der Waals surface area contributed by atoms with Gasteiger partial charge >= 0.3 is 6.09 Å². The number of carbonyl (C=O) groups is 2. The van der Waals surface area contributed by atoms with Crippen LogP contribution in [0.1, 0.15) is 56.5 Å². The van der Waals surface area contributed by atoms with Gasteiger partial charge in [-0.1, -0.05) is 78.9 Å². The zero-order valence-corrected chi connectivity index (χ0v) is 22.3. The summed E-state index contributed by atoms with van der Waals surface area (Å²) in [6.07, 6.45) is 1.30. The predicted molar refractivity (Wildman–Crippen MR) is 148 cm³/mol. The van der Waals surface area contributed by atoms with Crippen molar-refractivity contribution in [3.05, 3.63) is 108 Å². The number of aromatic nitrogens is 1. The van der Waals surface area contributed by atoms with E-state index >= 15 is 0 Å². The van der Waals surface area contributed by atoms with E-state index in [1.165, 1.54) is 0 Å². The lowest BCUT2D eigenvalue weighted by molar-refractivity contribution is -0.134. The molecule has 0 saturated carbocycles. The van der Waals surface area contributed by atoms with Gasteiger partial charge in [-0.2, -0.15) is 0 Å². The lowest BCUT2D eigenvalue weighted by Crippen LogP contribution is -2.38. The van der Waals surface area contributed by atoms with Crippen LogP contribution in [0.2, 0.25) is 0 Å². The Morgan fingerprint density at radius 2 is 1.58 bits per heavy atom. The Labute approximate surface area is 223 Å². The van der Waals surface area contributed by atoms with Crippen molar-refractivity contribution in [1.29, 1.82) is 0 Å². The molecule has 1 aliphatic heterocycles. The summed E-state index contributed by atoms with van der Waals surface area (Å²) >= 11 is 0. The van der Waals surface area contributed by atoms with Gasteiger partial charge in [-0.15, -0.1) is 0 Å². The number of carbonyl (C=O) groups excluding carboxylic acids is 2. The first-order valence-electron chi connectivity index (χ1n) is 13.1. The molecule has 6 heteroatoms. The number of amides is 1. The molecule has 3 aromatic carbocycles. The van der Waals surface area contributed by atoms with Gasteiger partial charge in [0.25, 0.3) is 5.91 Å². The second-order valence-corrected chi connectivity index (χ2v) is 10.8. The van der Waals surface area contributed by atoms with E-state index < -0.39 is 17.8 Å². The number of hydrogen-bond donors (Lipinski definition) is 0. The number of rotatable bonds is 7. The normalized spacial score (nSPS) is 17.7. The molecule has 1 aliphatic rings. The SMILES string of the molecule is C[C@@H](c1ccccc1)N(CCc1cn(C(=O)OC(C)(C)C)c2ccccc12)C(=O)[C@@H]1O[C@H]1c1ccccc1. The minimum Gasteiger partial charge on any atom is -0.443 e. The van der Waals surface area contributed by atoms with Gasteiger partial charge in [0, 0.05) is 18.1 Å². The number of fused-ring (bicyclic) bond motifs is 1. The topological polar surface area (TPSA) is 64.1 Å². The Bertz CT molecular complexity index is 1420. The summed E-state index contributed by atoms with van der Waals surface area (Å²) in [7, 11) is 0. The van der Waals surface area contributed by atoms with E-state index in [2.05, 4.69) is 6.92 Å². The molecule has 1 aromatic heterocycles. The van der Waals surface area contributed by atoms with Crippen molar-refractivity contribution < 1.29 is 19.1 Å². The zero-order valence-electron chi connectivity index (χ0n) is 22.3. The largest absolute Gasteiger partial charge is 0.443 e. The van der Waals surface area contributed by atoms with E-state index in [0.29, 0.717) is 13.0 Å². The second-order valence-electron chi connectivity index (χ2n) is 10.8. The van der Waals surface area contributed by atoms with Crippen molar-refractivity contribution in [2.75, 3.05) is 6.54 Å². The van der Waals surface area contributed by atoms with Crippen LogP contribution in [0.25, 0.3) is 10.9 Å². The van der Waals surface area contributed by atoms with Crippen molar-refractivity contribution in [3.8, 4) is 0 Å². The van der Waals surface area contributed by atoms with Crippen molar-refractivity contribution in [1.82, 2.24) is 9.47 Å². The molecule has 4 aromatic rings. The van der Waals surface area contributed by atoms with Crippen LogP contribution in [0, 0.1) is 0 Å². The lowest BCUT2D eigenvalue weighted by Gasteiger charge is -2.29. The fourth-order valence-electron chi connectivity index (χ4n) is 4.92. The Morgan fingerprint density at radius 1 is 0.947 bits per heavy atom. The summed E-state index contributed by atoms with van der Waals surface area (Å²) in [5.74, 6) is -0.0221. The smallest absolute Gasteiger partial charge is 0.419 e. The average molecular weight is 511 g/mol. The first kappa shape index (κ1) is 25.7. The Kier molecular flexibility index (Phi) is 7.09. The first-order chi connectivity index (χ1) is 18.2. The maximum Gasteiger partial charge on any atom is 0.419 e. The molecule has 0 bridgehead atoms. The van der Waals surface area contributed by atoms with Gasteiger partial charge in [0.05, 0.1) is 11.6 Å². The van der Waals surface area contributed by atoms with Crippen molar-refractivity contribution in [2.45, 2.75) is 58.0 Å². The maximum atomic E-state index is 13.8. The predicted octanol–water partition coefficient (Wildman–Crippen LogP) is 6.70. The van der Waals surface area contributed by atoms with Gasteiger partial charge in [-0.25, -0.2) is 4.79 Å². The summed E-state index contributed by atoms with van der Waals surface area (Å²) < 4.78 is 13.1. The molecule has 38 heavy (non-hydrogen) atoms. The highest BCUT2D eigenvalue weighted by molar-refractivity contribution is 5.92. The highest BCUT2D eigenvalue weighted by atomic mass is 16.6. The summed E-state index contributed by atoms with van der Waals surface area (Å²) in [5.41, 5.74) is 3.25. The van der Waals surface area contributed by atoms with Gasteiger partial charge < -0.3 is 14.4 Å². The first-order valence-corrected chi connectivity index (χ1v) is 13.1. The molecular weight excluding hydrogens is 476 g/mol. The summed E-state index contributed by atoms with van der Waals surface area (Å²) in [6, 6.07) is 27.6. The second kappa shape index (κ2) is 10.5. The minimum atomic E-state index is -0.601. The zero-order chi connectivity index (χ0) is 26.9. The highest BCUT2D eigenvalue weighted by Gasteiger charge is 2.48. The number of ether oxygens (including phenoxy) is 2. The Hall–Kier alpha value is -3.90. The van der Waals surface area contributed by atoms with Gasteiger partial charge in [0.1, 0.15) is 11.7 Å². The fraction of sp³-hybridized carbons (Fsp3) is 0.312. The van der Waals surface area contributed by atoms with Gasteiger partial charge in [0.2, 0.25) is 0 Å². The molecule has 3 atom stereocenters. The summed E-state index contributed by atoms with van der Waals surface area (Å²) in [5, 5.41) is 0.975. The number of epoxide rings is 1. The van der Waals surface area contributed by atoms with E-state index in [1.807, 2.05) is 117 Å². The molecule has 0 N–H and O–H groups in total. The van der Waals surface area contributed by atoms with Crippen LogP contribution in [0.4, 0.5) is 4.79 Å². The minimum absolute atomic E-state index is 0.0221. The molecule has 1 saturated heterocycles. The molecule has 1 fully saturated rings. The highest BCUT2D eigenvalue weighted by Crippen LogP contribution is 2.41. The molecule has 0 radical (unpaired) electrons. The van der Waals surface area contributed by atoms with E-state index in [4.69, 9.17) is 9.47 Å². The van der Waals surface area contributed by atoms with Crippen LogP contribution in [0.5, 0.6) is 0 Å². The fourth-order valence-corrected chi connectivity index (χ4v) is 4.92. The van der Waals surface area contributed by atoms with Crippen LogP contribution in [-0.4, -0.2) is 39.7 Å². The number of hydrogen-bond acceptors (Lipinski definition) is 4. The van der Waals surface area contributed by atoms with E-state index in [-0.39, 0.29) is 18.1 Å². The van der Waals surface area contributed by atoms with Gasteiger partial charge in [-0.3, -0.25) is 9.36 Å². The van der Waals surface area contributed by atoms with E-state index in [9.17, 15) is 9.59 Å². The van der Waals surface area contributed by atoms with Gasteiger partial charge in [0.15, 0.2) is 6.10 Å². The van der Waals surface area contributed by atoms with E-state index in [0.717, 1.165) is 27.6 Å². The number of para-hydroxylation sites is 1.